The van der Waals surface area contributed by atoms with Gasteiger partial charge in [-0.25, -0.2) is 13.6 Å². The summed E-state index contributed by atoms with van der Waals surface area (Å²) in [4.78, 5) is 4.01. The van der Waals surface area contributed by atoms with Gasteiger partial charge >= 0.3 is 0 Å². The molecule has 0 saturated carbocycles. The van der Waals surface area contributed by atoms with Crippen LogP contribution in [-0.2, 0) is 29.9 Å². The highest BCUT2D eigenvalue weighted by molar-refractivity contribution is 7.89. The van der Waals surface area contributed by atoms with Crippen LogP contribution in [0.25, 0.3) is 0 Å². The Bertz CT molecular complexity index is 636. The molecule has 0 aliphatic heterocycles. The van der Waals surface area contributed by atoms with Crippen LogP contribution in [0.1, 0.15) is 11.4 Å². The molecular formula is C10H13N5O2S. The Morgan fingerprint density at radius 3 is 2.67 bits per heavy atom. The fourth-order valence-electron chi connectivity index (χ4n) is 1.61. The number of hydrogen-bond donors (Lipinski definition) is 1. The van der Waals surface area contributed by atoms with E-state index in [-0.39, 0.29) is 5.16 Å². The number of nitrogens with zero attached hydrogens (tertiary/aromatic N) is 4. The molecule has 8 heteroatoms. The average molecular weight is 267 g/mol. The monoisotopic (exact) mass is 267 g/mol. The lowest BCUT2D eigenvalue weighted by molar-refractivity contribution is 0.577. The summed E-state index contributed by atoms with van der Waals surface area (Å²) in [5.41, 5.74) is 1.05. The van der Waals surface area contributed by atoms with E-state index in [1.54, 1.807) is 19.4 Å². The molecule has 0 aromatic carbocycles. The second kappa shape index (κ2) is 4.83. The second-order valence-corrected chi connectivity index (χ2v) is 5.32. The molecule has 0 aliphatic carbocycles. The smallest absolute Gasteiger partial charge is 0.273 e. The van der Waals surface area contributed by atoms with Crippen LogP contribution in [0.3, 0.4) is 0 Å². The molecule has 0 saturated heterocycles. The number of aromatic nitrogens is 4. The number of aryl methyl sites for hydroxylation is 2. The molecule has 7 nitrogen and oxygen atoms in total. The Morgan fingerprint density at radius 2 is 2.11 bits per heavy atom. The number of primary sulfonamides is 1. The molecule has 0 aliphatic rings. The number of nitrogens with two attached hydrogens (primary N) is 1. The Hall–Kier alpha value is -1.80. The van der Waals surface area contributed by atoms with Gasteiger partial charge in [0.15, 0.2) is 0 Å². The van der Waals surface area contributed by atoms with Gasteiger partial charge in [-0.05, 0) is 18.1 Å². The highest BCUT2D eigenvalue weighted by Gasteiger charge is 2.18. The van der Waals surface area contributed by atoms with Crippen molar-refractivity contribution in [3.05, 3.63) is 35.9 Å². The van der Waals surface area contributed by atoms with E-state index in [9.17, 15) is 8.42 Å². The quantitative estimate of drug-likeness (QED) is 0.814. The number of rotatable bonds is 4. The van der Waals surface area contributed by atoms with E-state index in [1.807, 2.05) is 12.1 Å². The zero-order valence-corrected chi connectivity index (χ0v) is 10.6. The van der Waals surface area contributed by atoms with Crippen molar-refractivity contribution < 1.29 is 8.42 Å². The summed E-state index contributed by atoms with van der Waals surface area (Å²) < 4.78 is 23.8. The Labute approximate surface area is 105 Å². The molecule has 2 N–H and O–H groups in total. The third-order valence-corrected chi connectivity index (χ3v) is 3.40. The van der Waals surface area contributed by atoms with Crippen molar-refractivity contribution in [3.63, 3.8) is 0 Å². The normalized spacial score (nSPS) is 11.7. The number of pyridine rings is 1. The zero-order valence-electron chi connectivity index (χ0n) is 9.81. The Kier molecular flexibility index (Phi) is 3.39. The first kappa shape index (κ1) is 12.7. The molecule has 18 heavy (non-hydrogen) atoms. The molecule has 0 radical (unpaired) electrons. The molecule has 0 atom stereocenters. The maximum atomic E-state index is 11.2. The van der Waals surface area contributed by atoms with Crippen LogP contribution < -0.4 is 5.14 Å². The van der Waals surface area contributed by atoms with Crippen LogP contribution >= 0.6 is 0 Å². The van der Waals surface area contributed by atoms with Gasteiger partial charge in [0, 0.05) is 25.9 Å². The molecule has 2 aromatic heterocycles. The van der Waals surface area contributed by atoms with Crippen LogP contribution in [0.15, 0.2) is 29.7 Å². The fourth-order valence-corrected chi connectivity index (χ4v) is 2.25. The van der Waals surface area contributed by atoms with Crippen molar-refractivity contribution in [2.45, 2.75) is 18.0 Å². The molecule has 0 fully saturated rings. The third-order valence-electron chi connectivity index (χ3n) is 2.54. The summed E-state index contributed by atoms with van der Waals surface area (Å²) in [6, 6.07) is 3.80. The maximum absolute atomic E-state index is 11.2. The van der Waals surface area contributed by atoms with Gasteiger partial charge in [-0.15, -0.1) is 10.2 Å². The molecule has 0 bridgehead atoms. The summed E-state index contributed by atoms with van der Waals surface area (Å²) >= 11 is 0. The minimum atomic E-state index is -3.82. The van der Waals surface area contributed by atoms with Crippen molar-refractivity contribution in [3.8, 4) is 0 Å². The van der Waals surface area contributed by atoms with Crippen LogP contribution in [0.5, 0.6) is 0 Å². The van der Waals surface area contributed by atoms with Gasteiger partial charge in [0.2, 0.25) is 0 Å². The number of hydrogen-bond acceptors (Lipinski definition) is 5. The van der Waals surface area contributed by atoms with Gasteiger partial charge < -0.3 is 4.57 Å². The van der Waals surface area contributed by atoms with E-state index in [0.29, 0.717) is 18.7 Å². The average Bonchev–Trinajstić information content (AvgIpc) is 2.69. The van der Waals surface area contributed by atoms with Crippen molar-refractivity contribution in [2.24, 2.45) is 12.2 Å². The van der Waals surface area contributed by atoms with E-state index < -0.39 is 10.0 Å². The summed E-state index contributed by atoms with van der Waals surface area (Å²) in [7, 11) is -2.24. The first-order valence-corrected chi connectivity index (χ1v) is 6.83. The van der Waals surface area contributed by atoms with E-state index in [2.05, 4.69) is 15.2 Å². The molecule has 96 valence electrons. The predicted octanol–water partition coefficient (Wildman–Crippen LogP) is -0.357. The summed E-state index contributed by atoms with van der Waals surface area (Å²) in [5.74, 6) is 0.572. The maximum Gasteiger partial charge on any atom is 0.273 e. The number of sulfonamides is 1. The van der Waals surface area contributed by atoms with Gasteiger partial charge in [0.1, 0.15) is 5.82 Å². The van der Waals surface area contributed by atoms with E-state index in [1.165, 1.54) is 4.57 Å². The van der Waals surface area contributed by atoms with Gasteiger partial charge in [0.25, 0.3) is 15.2 Å². The summed E-state index contributed by atoms with van der Waals surface area (Å²) in [6.45, 7) is 0. The Balaban J connectivity index is 2.14. The molecule has 2 aromatic rings. The standard InChI is InChI=1S/C10H13N5O2S/c1-15-9(13-14-10(15)18(11,16)17)5-4-8-3-2-6-12-7-8/h2-3,6-7H,4-5H2,1H3,(H2,11,16,17). The predicted molar refractivity (Wildman–Crippen MR) is 64.0 cm³/mol. The van der Waals surface area contributed by atoms with E-state index >= 15 is 0 Å². The minimum absolute atomic E-state index is 0.219. The van der Waals surface area contributed by atoms with Crippen molar-refractivity contribution in [2.75, 3.05) is 0 Å². The molecule has 2 heterocycles. The topological polar surface area (TPSA) is 104 Å². The van der Waals surface area contributed by atoms with Gasteiger partial charge in [-0.3, -0.25) is 4.98 Å². The van der Waals surface area contributed by atoms with Crippen molar-refractivity contribution >= 4 is 10.0 Å². The molecule has 0 unspecified atom stereocenters. The highest BCUT2D eigenvalue weighted by atomic mass is 32.2. The SMILES string of the molecule is Cn1c(CCc2cccnc2)nnc1S(N)(=O)=O. The molecular weight excluding hydrogens is 254 g/mol. The van der Waals surface area contributed by atoms with E-state index in [0.717, 1.165) is 5.56 Å². The summed E-state index contributed by atoms with van der Waals surface area (Å²) in [5, 5.41) is 12.2. The third kappa shape index (κ3) is 2.71. The fraction of sp³-hybridized carbons (Fsp3) is 0.300. The Morgan fingerprint density at radius 1 is 1.33 bits per heavy atom. The molecule has 2 rings (SSSR count). The lowest BCUT2D eigenvalue weighted by Gasteiger charge is -2.02. The van der Waals surface area contributed by atoms with Crippen LogP contribution in [0, 0.1) is 0 Å². The van der Waals surface area contributed by atoms with Crippen LogP contribution in [-0.4, -0.2) is 28.2 Å². The van der Waals surface area contributed by atoms with Crippen molar-refractivity contribution in [1.82, 2.24) is 19.7 Å². The molecule has 0 amide bonds. The second-order valence-electron chi connectivity index (χ2n) is 3.86. The first-order chi connectivity index (χ1) is 8.48. The minimum Gasteiger partial charge on any atom is -0.304 e. The lowest BCUT2D eigenvalue weighted by atomic mass is 10.1. The van der Waals surface area contributed by atoms with Crippen molar-refractivity contribution in [1.29, 1.82) is 0 Å². The zero-order chi connectivity index (χ0) is 13.2. The lowest BCUT2D eigenvalue weighted by Crippen LogP contribution is -2.17. The summed E-state index contributed by atoms with van der Waals surface area (Å²) in [6.07, 6.45) is 4.75. The molecule has 0 spiro atoms. The first-order valence-electron chi connectivity index (χ1n) is 5.28. The van der Waals surface area contributed by atoms with Gasteiger partial charge in [0.05, 0.1) is 0 Å². The van der Waals surface area contributed by atoms with Gasteiger partial charge in [-0.1, -0.05) is 6.07 Å². The van der Waals surface area contributed by atoms with Crippen LogP contribution in [0.4, 0.5) is 0 Å². The van der Waals surface area contributed by atoms with Gasteiger partial charge in [-0.2, -0.15) is 0 Å². The highest BCUT2D eigenvalue weighted by Crippen LogP contribution is 2.07. The van der Waals surface area contributed by atoms with E-state index in [4.69, 9.17) is 5.14 Å². The van der Waals surface area contributed by atoms with Crippen LogP contribution in [0.2, 0.25) is 0 Å². The largest absolute Gasteiger partial charge is 0.304 e.